The molecule has 23 heavy (non-hydrogen) atoms. The molecule has 3 rings (SSSR count). The van der Waals surface area contributed by atoms with Crippen LogP contribution < -0.4 is 5.56 Å². The molecule has 3 heterocycles. The number of carbonyl (C=O) groups excluding carboxylic acids is 1. The number of fused-ring (bicyclic) bond motifs is 1. The van der Waals surface area contributed by atoms with Crippen LogP contribution in [0.5, 0.6) is 0 Å². The molecule has 0 aromatic carbocycles. The highest BCUT2D eigenvalue weighted by Gasteiger charge is 2.16. The molecule has 0 aliphatic heterocycles. The van der Waals surface area contributed by atoms with Crippen LogP contribution in [0.4, 0.5) is 0 Å². The standard InChI is InChI=1S/C16H15N3O3S/c1-9-5-4-6-13-18-12(7-14(20)19(9)13)8-22-16(21)15-10(2)17-11(3)23-15/h4-7H,8H2,1-3H3. The Kier molecular flexibility index (Phi) is 3.96. The van der Waals surface area contributed by atoms with Crippen LogP contribution in [0.15, 0.2) is 29.1 Å². The van der Waals surface area contributed by atoms with Crippen LogP contribution in [0, 0.1) is 20.8 Å². The van der Waals surface area contributed by atoms with Gasteiger partial charge in [0.25, 0.3) is 5.56 Å². The van der Waals surface area contributed by atoms with Crippen molar-refractivity contribution in [1.82, 2.24) is 14.4 Å². The third kappa shape index (κ3) is 3.00. The summed E-state index contributed by atoms with van der Waals surface area (Å²) in [6.45, 7) is 5.39. The van der Waals surface area contributed by atoms with Crippen molar-refractivity contribution >= 4 is 23.0 Å². The van der Waals surface area contributed by atoms with Crippen molar-refractivity contribution in [1.29, 1.82) is 0 Å². The number of pyridine rings is 1. The lowest BCUT2D eigenvalue weighted by Crippen LogP contribution is -2.18. The fourth-order valence-electron chi connectivity index (χ4n) is 2.36. The first-order valence-corrected chi connectivity index (χ1v) is 7.87. The minimum Gasteiger partial charge on any atom is -0.455 e. The van der Waals surface area contributed by atoms with E-state index in [1.807, 2.05) is 26.0 Å². The van der Waals surface area contributed by atoms with E-state index in [2.05, 4.69) is 9.97 Å². The molecule has 0 bridgehead atoms. The molecule has 3 aromatic rings. The minimum atomic E-state index is -0.445. The maximum atomic E-state index is 12.2. The van der Waals surface area contributed by atoms with Gasteiger partial charge >= 0.3 is 5.97 Å². The van der Waals surface area contributed by atoms with Crippen LogP contribution in [-0.2, 0) is 11.3 Å². The number of aryl methyl sites for hydroxylation is 3. The van der Waals surface area contributed by atoms with Crippen molar-refractivity contribution in [2.45, 2.75) is 27.4 Å². The van der Waals surface area contributed by atoms with E-state index in [1.54, 1.807) is 13.0 Å². The van der Waals surface area contributed by atoms with Crippen molar-refractivity contribution in [2.24, 2.45) is 0 Å². The summed E-state index contributed by atoms with van der Waals surface area (Å²) < 4.78 is 6.78. The minimum absolute atomic E-state index is 0.0467. The van der Waals surface area contributed by atoms with Crippen LogP contribution in [0.2, 0.25) is 0 Å². The molecule has 0 N–H and O–H groups in total. The van der Waals surface area contributed by atoms with Crippen molar-refractivity contribution < 1.29 is 9.53 Å². The van der Waals surface area contributed by atoms with Gasteiger partial charge in [-0.15, -0.1) is 11.3 Å². The fraction of sp³-hybridized carbons (Fsp3) is 0.250. The summed E-state index contributed by atoms with van der Waals surface area (Å²) in [5, 5.41) is 0.812. The molecule has 6 nitrogen and oxygen atoms in total. The molecule has 0 aliphatic rings. The van der Waals surface area contributed by atoms with Gasteiger partial charge in [0.1, 0.15) is 17.1 Å². The number of aromatic nitrogens is 3. The lowest BCUT2D eigenvalue weighted by Gasteiger charge is -2.07. The second-order valence-electron chi connectivity index (χ2n) is 5.17. The van der Waals surface area contributed by atoms with Crippen molar-refractivity contribution in [3.8, 4) is 0 Å². The van der Waals surface area contributed by atoms with Crippen molar-refractivity contribution in [3.63, 3.8) is 0 Å². The summed E-state index contributed by atoms with van der Waals surface area (Å²) in [5.41, 5.74) is 2.23. The molecule has 0 radical (unpaired) electrons. The Labute approximate surface area is 136 Å². The monoisotopic (exact) mass is 329 g/mol. The first-order chi connectivity index (χ1) is 11.0. The van der Waals surface area contributed by atoms with Gasteiger partial charge in [0.15, 0.2) is 0 Å². The molecule has 0 unspecified atom stereocenters. The zero-order valence-electron chi connectivity index (χ0n) is 13.0. The largest absolute Gasteiger partial charge is 0.455 e. The van der Waals surface area contributed by atoms with Gasteiger partial charge in [-0.3, -0.25) is 9.20 Å². The molecule has 0 spiro atoms. The Hall–Kier alpha value is -2.54. The molecular weight excluding hydrogens is 314 g/mol. The number of thiazole rings is 1. The average molecular weight is 329 g/mol. The normalized spacial score (nSPS) is 10.9. The van der Waals surface area contributed by atoms with E-state index in [0.717, 1.165) is 10.7 Å². The third-order valence-electron chi connectivity index (χ3n) is 3.37. The molecule has 0 atom stereocenters. The van der Waals surface area contributed by atoms with Gasteiger partial charge in [-0.2, -0.15) is 0 Å². The maximum Gasteiger partial charge on any atom is 0.350 e. The van der Waals surface area contributed by atoms with Gasteiger partial charge in [-0.25, -0.2) is 14.8 Å². The Morgan fingerprint density at radius 1 is 1.26 bits per heavy atom. The Bertz CT molecular complexity index is 959. The molecule has 0 amide bonds. The molecule has 3 aromatic heterocycles. The van der Waals surface area contributed by atoms with Gasteiger partial charge in [-0.05, 0) is 32.9 Å². The molecule has 0 aliphatic carbocycles. The zero-order valence-corrected chi connectivity index (χ0v) is 13.8. The number of rotatable bonds is 3. The van der Waals surface area contributed by atoms with Gasteiger partial charge in [0, 0.05) is 11.8 Å². The Morgan fingerprint density at radius 3 is 2.74 bits per heavy atom. The summed E-state index contributed by atoms with van der Waals surface area (Å²) in [6.07, 6.45) is 0. The Morgan fingerprint density at radius 2 is 2.04 bits per heavy atom. The second kappa shape index (κ2) is 5.92. The zero-order chi connectivity index (χ0) is 16.6. The number of carbonyl (C=O) groups is 1. The van der Waals surface area contributed by atoms with E-state index < -0.39 is 5.97 Å². The molecule has 0 fully saturated rings. The number of ether oxygens (including phenoxy) is 1. The average Bonchev–Trinajstić information content (AvgIpc) is 2.83. The lowest BCUT2D eigenvalue weighted by molar-refractivity contribution is 0.0472. The van der Waals surface area contributed by atoms with Gasteiger partial charge in [-0.1, -0.05) is 6.07 Å². The summed E-state index contributed by atoms with van der Waals surface area (Å²) >= 11 is 1.29. The second-order valence-corrected chi connectivity index (χ2v) is 6.37. The molecule has 0 saturated heterocycles. The summed E-state index contributed by atoms with van der Waals surface area (Å²) in [4.78, 5) is 33.3. The van der Waals surface area contributed by atoms with Gasteiger partial charge in [0.05, 0.1) is 16.4 Å². The van der Waals surface area contributed by atoms with E-state index in [4.69, 9.17) is 4.74 Å². The summed E-state index contributed by atoms with van der Waals surface area (Å²) in [7, 11) is 0. The first-order valence-electron chi connectivity index (χ1n) is 7.05. The van der Waals surface area contributed by atoms with Crippen LogP contribution in [0.3, 0.4) is 0 Å². The number of nitrogens with zero attached hydrogens (tertiary/aromatic N) is 3. The van der Waals surface area contributed by atoms with E-state index >= 15 is 0 Å². The van der Waals surface area contributed by atoms with Crippen molar-refractivity contribution in [2.75, 3.05) is 0 Å². The smallest absolute Gasteiger partial charge is 0.350 e. The fourth-order valence-corrected chi connectivity index (χ4v) is 3.18. The molecule has 7 heteroatoms. The van der Waals surface area contributed by atoms with Gasteiger partial charge in [0.2, 0.25) is 0 Å². The highest BCUT2D eigenvalue weighted by atomic mass is 32.1. The number of hydrogen-bond acceptors (Lipinski definition) is 6. The highest BCUT2D eigenvalue weighted by molar-refractivity contribution is 7.13. The summed E-state index contributed by atoms with van der Waals surface area (Å²) in [5.74, 6) is -0.445. The van der Waals surface area contributed by atoms with Crippen LogP contribution in [0.25, 0.3) is 5.65 Å². The van der Waals surface area contributed by atoms with E-state index in [0.29, 0.717) is 21.9 Å². The Balaban J connectivity index is 1.84. The topological polar surface area (TPSA) is 73.6 Å². The number of esters is 1. The first kappa shape index (κ1) is 15.4. The SMILES string of the molecule is Cc1nc(C)c(C(=O)OCc2cc(=O)n3c(C)cccc3n2)s1. The molecular formula is C16H15N3O3S. The predicted molar refractivity (Wildman–Crippen MR) is 86.9 cm³/mol. The van der Waals surface area contributed by atoms with Crippen LogP contribution in [0.1, 0.15) is 31.8 Å². The quantitative estimate of drug-likeness (QED) is 0.690. The summed E-state index contributed by atoms with van der Waals surface area (Å²) in [6, 6.07) is 6.80. The number of hydrogen-bond donors (Lipinski definition) is 0. The van der Waals surface area contributed by atoms with Gasteiger partial charge < -0.3 is 4.74 Å². The van der Waals surface area contributed by atoms with Crippen molar-refractivity contribution in [3.05, 3.63) is 61.6 Å². The third-order valence-corrected chi connectivity index (χ3v) is 4.43. The highest BCUT2D eigenvalue weighted by Crippen LogP contribution is 2.18. The molecule has 0 saturated carbocycles. The van der Waals surface area contributed by atoms with E-state index in [9.17, 15) is 9.59 Å². The van der Waals surface area contributed by atoms with E-state index in [-0.39, 0.29) is 12.2 Å². The predicted octanol–water partition coefficient (Wildman–Crippen LogP) is 2.43. The lowest BCUT2D eigenvalue weighted by atomic mass is 10.3. The van der Waals surface area contributed by atoms with Crippen LogP contribution in [-0.4, -0.2) is 20.3 Å². The van der Waals surface area contributed by atoms with Crippen LogP contribution >= 0.6 is 11.3 Å². The molecule has 118 valence electrons. The maximum absolute atomic E-state index is 12.2. The van der Waals surface area contributed by atoms with E-state index in [1.165, 1.54) is 21.8 Å².